The van der Waals surface area contributed by atoms with E-state index in [-0.39, 0.29) is 0 Å². The first-order valence-electron chi connectivity index (χ1n) is 6.20. The van der Waals surface area contributed by atoms with Crippen molar-refractivity contribution in [1.82, 2.24) is 4.31 Å². The fourth-order valence-corrected chi connectivity index (χ4v) is 2.30. The van der Waals surface area contributed by atoms with Crippen molar-refractivity contribution in [1.29, 1.82) is 0 Å². The van der Waals surface area contributed by atoms with E-state index in [0.717, 1.165) is 15.7 Å². The molecule has 0 aliphatic heterocycles. The van der Waals surface area contributed by atoms with Crippen LogP contribution < -0.4 is 10.0 Å². The van der Waals surface area contributed by atoms with Crippen LogP contribution in [0.4, 0.5) is 17.1 Å². The van der Waals surface area contributed by atoms with E-state index in [9.17, 15) is 8.42 Å². The second kappa shape index (κ2) is 6.34. The molecule has 0 heterocycles. The van der Waals surface area contributed by atoms with E-state index in [2.05, 4.69) is 10.0 Å². The Kier molecular flexibility index (Phi) is 4.72. The lowest BCUT2D eigenvalue weighted by Crippen LogP contribution is -2.28. The lowest BCUT2D eigenvalue weighted by atomic mass is 10.2. The zero-order valence-corrected chi connectivity index (χ0v) is 13.2. The van der Waals surface area contributed by atoms with Gasteiger partial charge in [0.05, 0.1) is 0 Å². The van der Waals surface area contributed by atoms with Crippen LogP contribution in [-0.2, 0) is 10.2 Å². The molecular weight excluding hydrogens is 310 g/mol. The predicted molar refractivity (Wildman–Crippen MR) is 87.4 cm³/mol. The van der Waals surface area contributed by atoms with Crippen LogP contribution in [-0.4, -0.2) is 26.8 Å². The topological polar surface area (TPSA) is 61.4 Å². The summed E-state index contributed by atoms with van der Waals surface area (Å²) in [6.07, 6.45) is 0. The average molecular weight is 326 g/mol. The Morgan fingerprint density at radius 2 is 1.29 bits per heavy atom. The van der Waals surface area contributed by atoms with Gasteiger partial charge in [0.25, 0.3) is 0 Å². The smallest absolute Gasteiger partial charge is 0.301 e. The van der Waals surface area contributed by atoms with E-state index in [1.54, 1.807) is 36.4 Å². The molecule has 2 aromatic rings. The lowest BCUT2D eigenvalue weighted by Gasteiger charge is -2.14. The minimum atomic E-state index is -3.48. The molecule has 0 aliphatic carbocycles. The molecule has 0 amide bonds. The quantitative estimate of drug-likeness (QED) is 0.886. The van der Waals surface area contributed by atoms with Crippen LogP contribution in [0.25, 0.3) is 0 Å². The van der Waals surface area contributed by atoms with Gasteiger partial charge in [0.15, 0.2) is 0 Å². The Morgan fingerprint density at radius 3 is 1.76 bits per heavy atom. The van der Waals surface area contributed by atoms with Gasteiger partial charge in [-0.1, -0.05) is 11.6 Å². The Balaban J connectivity index is 2.07. The number of benzene rings is 2. The third-order valence-corrected chi connectivity index (χ3v) is 4.45. The summed E-state index contributed by atoms with van der Waals surface area (Å²) in [5, 5.41) is 3.87. The highest BCUT2D eigenvalue weighted by Gasteiger charge is 2.12. The Hall–Kier alpha value is -1.76. The molecule has 0 aromatic heterocycles. The molecule has 5 nitrogen and oxygen atoms in total. The van der Waals surface area contributed by atoms with Crippen LogP contribution in [0.15, 0.2) is 48.5 Å². The molecule has 0 aliphatic rings. The van der Waals surface area contributed by atoms with Gasteiger partial charge in [0.1, 0.15) is 0 Å². The van der Waals surface area contributed by atoms with E-state index < -0.39 is 10.2 Å². The molecule has 0 saturated heterocycles. The summed E-state index contributed by atoms with van der Waals surface area (Å²) in [5.41, 5.74) is 2.26. The van der Waals surface area contributed by atoms with Gasteiger partial charge in [-0.2, -0.15) is 12.7 Å². The summed E-state index contributed by atoms with van der Waals surface area (Å²) < 4.78 is 27.0. The summed E-state index contributed by atoms with van der Waals surface area (Å²) >= 11 is 5.83. The minimum absolute atomic E-state index is 0.505. The molecule has 2 rings (SSSR count). The van der Waals surface area contributed by atoms with Crippen LogP contribution in [0.3, 0.4) is 0 Å². The van der Waals surface area contributed by atoms with Gasteiger partial charge < -0.3 is 5.32 Å². The first kappa shape index (κ1) is 15.6. The van der Waals surface area contributed by atoms with Gasteiger partial charge in [0, 0.05) is 36.2 Å². The number of nitrogens with one attached hydrogen (secondary N) is 2. The first-order chi connectivity index (χ1) is 9.87. The molecule has 0 spiro atoms. The van der Waals surface area contributed by atoms with Gasteiger partial charge in [-0.25, -0.2) is 0 Å². The van der Waals surface area contributed by atoms with Gasteiger partial charge in [-0.15, -0.1) is 0 Å². The van der Waals surface area contributed by atoms with Crippen molar-refractivity contribution in [2.75, 3.05) is 24.1 Å². The van der Waals surface area contributed by atoms with Crippen molar-refractivity contribution in [2.45, 2.75) is 0 Å². The number of hydrogen-bond donors (Lipinski definition) is 2. The number of hydrogen-bond acceptors (Lipinski definition) is 3. The third-order valence-electron chi connectivity index (χ3n) is 2.75. The summed E-state index contributed by atoms with van der Waals surface area (Å²) in [6, 6.07) is 14.3. The van der Waals surface area contributed by atoms with Crippen molar-refractivity contribution in [2.24, 2.45) is 0 Å². The maximum absolute atomic E-state index is 11.7. The van der Waals surface area contributed by atoms with Crippen LogP contribution in [0.5, 0.6) is 0 Å². The number of rotatable bonds is 5. The maximum atomic E-state index is 11.7. The molecule has 0 atom stereocenters. The van der Waals surface area contributed by atoms with Crippen LogP contribution in [0.1, 0.15) is 0 Å². The largest absolute Gasteiger partial charge is 0.356 e. The standard InChI is InChI=1S/C14H16ClN3O2S/c1-18(2)21(19,20)17-14-9-7-13(8-10-14)16-12-5-3-11(15)4-6-12/h3-10,16-17H,1-2H3. The molecule has 0 bridgehead atoms. The highest BCUT2D eigenvalue weighted by Crippen LogP contribution is 2.21. The van der Waals surface area contributed by atoms with Crippen LogP contribution in [0.2, 0.25) is 5.02 Å². The lowest BCUT2D eigenvalue weighted by molar-refractivity contribution is 0.527. The minimum Gasteiger partial charge on any atom is -0.356 e. The van der Waals surface area contributed by atoms with Crippen molar-refractivity contribution in [3.05, 3.63) is 53.6 Å². The van der Waals surface area contributed by atoms with E-state index in [1.165, 1.54) is 14.1 Å². The molecular formula is C14H16ClN3O2S. The Labute approximate surface area is 129 Å². The molecule has 112 valence electrons. The summed E-state index contributed by atoms with van der Waals surface area (Å²) in [4.78, 5) is 0. The van der Waals surface area contributed by atoms with E-state index in [4.69, 9.17) is 11.6 Å². The highest BCUT2D eigenvalue weighted by atomic mass is 35.5. The molecule has 7 heteroatoms. The molecule has 0 radical (unpaired) electrons. The van der Waals surface area contributed by atoms with E-state index in [0.29, 0.717) is 10.7 Å². The molecule has 0 saturated carbocycles. The number of nitrogens with zero attached hydrogens (tertiary/aromatic N) is 1. The fourth-order valence-electron chi connectivity index (χ4n) is 1.56. The van der Waals surface area contributed by atoms with Crippen LogP contribution in [0, 0.1) is 0 Å². The predicted octanol–water partition coefficient (Wildman–Crippen LogP) is 3.30. The van der Waals surface area contributed by atoms with Gasteiger partial charge in [-0.3, -0.25) is 4.72 Å². The maximum Gasteiger partial charge on any atom is 0.301 e. The highest BCUT2D eigenvalue weighted by molar-refractivity contribution is 7.90. The monoisotopic (exact) mass is 325 g/mol. The van der Waals surface area contributed by atoms with E-state index >= 15 is 0 Å². The average Bonchev–Trinajstić information content (AvgIpc) is 2.43. The van der Waals surface area contributed by atoms with Gasteiger partial charge in [-0.05, 0) is 48.5 Å². The Morgan fingerprint density at radius 1 is 0.857 bits per heavy atom. The summed E-state index contributed by atoms with van der Waals surface area (Å²) in [5.74, 6) is 0. The molecule has 2 N–H and O–H groups in total. The summed E-state index contributed by atoms with van der Waals surface area (Å²) in [6.45, 7) is 0. The second-order valence-corrected chi connectivity index (χ2v) is 6.92. The van der Waals surface area contributed by atoms with Gasteiger partial charge >= 0.3 is 10.2 Å². The molecule has 0 fully saturated rings. The zero-order chi connectivity index (χ0) is 15.5. The van der Waals surface area contributed by atoms with Crippen LogP contribution >= 0.6 is 11.6 Å². The molecule has 2 aromatic carbocycles. The van der Waals surface area contributed by atoms with Crippen molar-refractivity contribution in [3.8, 4) is 0 Å². The number of halogens is 1. The van der Waals surface area contributed by atoms with Gasteiger partial charge in [0.2, 0.25) is 0 Å². The van der Waals surface area contributed by atoms with Crippen molar-refractivity contribution in [3.63, 3.8) is 0 Å². The Bertz CT molecular complexity index is 698. The summed E-state index contributed by atoms with van der Waals surface area (Å²) in [7, 11) is -0.537. The van der Waals surface area contributed by atoms with Crippen molar-refractivity contribution >= 4 is 38.9 Å². The molecule has 0 unspecified atom stereocenters. The SMILES string of the molecule is CN(C)S(=O)(=O)Nc1ccc(Nc2ccc(Cl)cc2)cc1. The first-order valence-corrected chi connectivity index (χ1v) is 8.01. The van der Waals surface area contributed by atoms with E-state index in [1.807, 2.05) is 12.1 Å². The second-order valence-electron chi connectivity index (χ2n) is 4.60. The molecule has 21 heavy (non-hydrogen) atoms. The zero-order valence-electron chi connectivity index (χ0n) is 11.7. The normalized spacial score (nSPS) is 11.4. The van der Waals surface area contributed by atoms with Crippen molar-refractivity contribution < 1.29 is 8.42 Å². The fraction of sp³-hybridized carbons (Fsp3) is 0.143. The number of anilines is 3. The third kappa shape index (κ3) is 4.35.